The van der Waals surface area contributed by atoms with Gasteiger partial charge in [-0.2, -0.15) is 0 Å². The quantitative estimate of drug-likeness (QED) is 0.707. The predicted molar refractivity (Wildman–Crippen MR) is 85.5 cm³/mol. The van der Waals surface area contributed by atoms with Gasteiger partial charge in [0.2, 0.25) is 0 Å². The van der Waals surface area contributed by atoms with E-state index in [1.807, 2.05) is 0 Å². The van der Waals surface area contributed by atoms with Crippen molar-refractivity contribution in [2.45, 2.75) is 65.8 Å². The van der Waals surface area contributed by atoms with Crippen molar-refractivity contribution in [1.29, 1.82) is 0 Å². The second kappa shape index (κ2) is 8.97. The van der Waals surface area contributed by atoms with Gasteiger partial charge in [-0.3, -0.25) is 0 Å². The molecule has 1 saturated carbocycles. The number of rotatable bonds is 7. The van der Waals surface area contributed by atoms with Crippen molar-refractivity contribution in [3.8, 4) is 0 Å². The number of hydrogen-bond acceptors (Lipinski definition) is 2. The molecule has 0 bridgehead atoms. The minimum atomic E-state index is 0.740. The summed E-state index contributed by atoms with van der Waals surface area (Å²) in [6, 6.07) is 0.740. The van der Waals surface area contributed by atoms with Crippen LogP contribution >= 0.6 is 0 Å². The Morgan fingerprint density at radius 3 is 2.05 bits per heavy atom. The van der Waals surface area contributed by atoms with E-state index in [0.29, 0.717) is 0 Å². The molecule has 114 valence electrons. The van der Waals surface area contributed by atoms with Crippen LogP contribution in [0, 0.1) is 17.8 Å². The fourth-order valence-electron chi connectivity index (χ4n) is 3.57. The molecule has 1 fully saturated rings. The molecule has 2 unspecified atom stereocenters. The van der Waals surface area contributed by atoms with Crippen LogP contribution in [0.1, 0.15) is 59.8 Å². The van der Waals surface area contributed by atoms with E-state index in [1.54, 1.807) is 0 Å². The molecule has 0 radical (unpaired) electrons. The second-order valence-electron chi connectivity index (χ2n) is 7.30. The Hall–Kier alpha value is -0.0800. The van der Waals surface area contributed by atoms with Crippen LogP contribution in [0.5, 0.6) is 0 Å². The Labute approximate surface area is 121 Å². The number of nitrogens with one attached hydrogen (secondary N) is 1. The normalized spacial score (nSPS) is 25.3. The SMILES string of the molecule is CNC1CCCCCC1CN(CC(C)C)CC(C)C. The molecule has 0 aliphatic heterocycles. The third-order valence-electron chi connectivity index (χ3n) is 4.27. The van der Waals surface area contributed by atoms with Crippen molar-refractivity contribution in [1.82, 2.24) is 10.2 Å². The highest BCUT2D eigenvalue weighted by atomic mass is 15.1. The van der Waals surface area contributed by atoms with E-state index >= 15 is 0 Å². The lowest BCUT2D eigenvalue weighted by molar-refractivity contribution is 0.165. The molecule has 1 aliphatic carbocycles. The first-order valence-corrected chi connectivity index (χ1v) is 8.42. The van der Waals surface area contributed by atoms with Gasteiger partial charge in [0.1, 0.15) is 0 Å². The van der Waals surface area contributed by atoms with Crippen LogP contribution in [0.2, 0.25) is 0 Å². The summed E-state index contributed by atoms with van der Waals surface area (Å²) in [7, 11) is 2.15. The van der Waals surface area contributed by atoms with Gasteiger partial charge in [0, 0.05) is 25.7 Å². The van der Waals surface area contributed by atoms with Gasteiger partial charge in [0.15, 0.2) is 0 Å². The molecular formula is C17H36N2. The monoisotopic (exact) mass is 268 g/mol. The summed E-state index contributed by atoms with van der Waals surface area (Å²) in [6.07, 6.45) is 7.07. The van der Waals surface area contributed by atoms with Crippen molar-refractivity contribution >= 4 is 0 Å². The molecule has 0 aromatic rings. The van der Waals surface area contributed by atoms with Crippen LogP contribution in [0.15, 0.2) is 0 Å². The van der Waals surface area contributed by atoms with Gasteiger partial charge < -0.3 is 10.2 Å². The highest BCUT2D eigenvalue weighted by Crippen LogP contribution is 2.24. The maximum Gasteiger partial charge on any atom is 0.0104 e. The Kier molecular flexibility index (Phi) is 8.01. The van der Waals surface area contributed by atoms with E-state index in [2.05, 4.69) is 45.0 Å². The summed E-state index contributed by atoms with van der Waals surface area (Å²) in [4.78, 5) is 2.72. The van der Waals surface area contributed by atoms with Gasteiger partial charge in [-0.25, -0.2) is 0 Å². The summed E-state index contributed by atoms with van der Waals surface area (Å²) in [5.41, 5.74) is 0. The summed E-state index contributed by atoms with van der Waals surface area (Å²) >= 11 is 0. The van der Waals surface area contributed by atoms with Gasteiger partial charge in [0.25, 0.3) is 0 Å². The first kappa shape index (κ1) is 17.0. The molecule has 0 aromatic carbocycles. The fourth-order valence-corrected chi connectivity index (χ4v) is 3.57. The lowest BCUT2D eigenvalue weighted by atomic mass is 9.93. The van der Waals surface area contributed by atoms with E-state index < -0.39 is 0 Å². The standard InChI is InChI=1S/C17H36N2/c1-14(2)11-19(12-15(3)4)13-16-9-7-6-8-10-17(16)18-5/h14-18H,6-13H2,1-5H3. The molecule has 2 heteroatoms. The number of hydrogen-bond donors (Lipinski definition) is 1. The minimum absolute atomic E-state index is 0.740. The van der Waals surface area contributed by atoms with Gasteiger partial charge in [0.05, 0.1) is 0 Å². The van der Waals surface area contributed by atoms with Crippen molar-refractivity contribution in [2.75, 3.05) is 26.7 Å². The molecule has 1 aliphatic rings. The van der Waals surface area contributed by atoms with E-state index in [-0.39, 0.29) is 0 Å². The molecule has 19 heavy (non-hydrogen) atoms. The summed E-state index contributed by atoms with van der Waals surface area (Å²) < 4.78 is 0. The average Bonchev–Trinajstić information content (AvgIpc) is 2.52. The van der Waals surface area contributed by atoms with Crippen LogP contribution in [0.25, 0.3) is 0 Å². The van der Waals surface area contributed by atoms with Crippen molar-refractivity contribution in [3.63, 3.8) is 0 Å². The van der Waals surface area contributed by atoms with Gasteiger partial charge in [-0.05, 0) is 37.6 Å². The maximum atomic E-state index is 3.58. The zero-order valence-corrected chi connectivity index (χ0v) is 13.9. The zero-order chi connectivity index (χ0) is 14.3. The largest absolute Gasteiger partial charge is 0.317 e. The highest BCUT2D eigenvalue weighted by Gasteiger charge is 2.24. The molecule has 0 amide bonds. The zero-order valence-electron chi connectivity index (χ0n) is 13.9. The van der Waals surface area contributed by atoms with Gasteiger partial charge >= 0.3 is 0 Å². The smallest absolute Gasteiger partial charge is 0.0104 e. The van der Waals surface area contributed by atoms with Crippen molar-refractivity contribution in [3.05, 3.63) is 0 Å². The molecule has 0 heterocycles. The molecule has 2 nitrogen and oxygen atoms in total. The maximum absolute atomic E-state index is 3.58. The topological polar surface area (TPSA) is 15.3 Å². The molecule has 0 saturated heterocycles. The van der Waals surface area contributed by atoms with E-state index in [4.69, 9.17) is 0 Å². The van der Waals surface area contributed by atoms with Crippen LogP contribution in [0.3, 0.4) is 0 Å². The summed E-state index contributed by atoms with van der Waals surface area (Å²) in [6.45, 7) is 13.2. The van der Waals surface area contributed by atoms with Crippen molar-refractivity contribution in [2.24, 2.45) is 17.8 Å². The highest BCUT2D eigenvalue weighted by molar-refractivity contribution is 4.81. The molecule has 1 N–H and O–H groups in total. The lowest BCUT2D eigenvalue weighted by Crippen LogP contribution is -2.42. The Morgan fingerprint density at radius 2 is 1.53 bits per heavy atom. The first-order chi connectivity index (χ1) is 9.02. The van der Waals surface area contributed by atoms with Crippen LogP contribution in [-0.4, -0.2) is 37.6 Å². The third kappa shape index (κ3) is 6.76. The molecule has 1 rings (SSSR count). The predicted octanol–water partition coefficient (Wildman–Crippen LogP) is 3.77. The van der Waals surface area contributed by atoms with Crippen LogP contribution in [-0.2, 0) is 0 Å². The van der Waals surface area contributed by atoms with E-state index in [9.17, 15) is 0 Å². The Balaban J connectivity index is 2.57. The van der Waals surface area contributed by atoms with E-state index in [0.717, 1.165) is 23.8 Å². The van der Waals surface area contributed by atoms with Crippen LogP contribution < -0.4 is 5.32 Å². The second-order valence-corrected chi connectivity index (χ2v) is 7.30. The summed E-state index contributed by atoms with van der Waals surface area (Å²) in [5, 5.41) is 3.58. The minimum Gasteiger partial charge on any atom is -0.317 e. The van der Waals surface area contributed by atoms with Crippen molar-refractivity contribution < 1.29 is 0 Å². The molecule has 2 atom stereocenters. The van der Waals surface area contributed by atoms with Crippen LogP contribution in [0.4, 0.5) is 0 Å². The summed E-state index contributed by atoms with van der Waals surface area (Å²) in [5.74, 6) is 2.40. The average molecular weight is 268 g/mol. The number of nitrogens with zero attached hydrogens (tertiary/aromatic N) is 1. The molecule has 0 aromatic heterocycles. The third-order valence-corrected chi connectivity index (χ3v) is 4.27. The van der Waals surface area contributed by atoms with Gasteiger partial charge in [-0.1, -0.05) is 47.0 Å². The van der Waals surface area contributed by atoms with E-state index in [1.165, 1.54) is 51.7 Å². The van der Waals surface area contributed by atoms with Gasteiger partial charge in [-0.15, -0.1) is 0 Å². The molecular weight excluding hydrogens is 232 g/mol. The first-order valence-electron chi connectivity index (χ1n) is 8.42. The fraction of sp³-hybridized carbons (Fsp3) is 1.00. The Bertz CT molecular complexity index is 215. The Morgan fingerprint density at radius 1 is 0.947 bits per heavy atom. The lowest BCUT2D eigenvalue weighted by Gasteiger charge is -2.33. The molecule has 0 spiro atoms.